The fourth-order valence-electron chi connectivity index (χ4n) is 1.95. The van der Waals surface area contributed by atoms with Gasteiger partial charge in [0.25, 0.3) is 0 Å². The van der Waals surface area contributed by atoms with Crippen LogP contribution < -0.4 is 0 Å². The molecule has 2 atom stereocenters. The average Bonchev–Trinajstić information content (AvgIpc) is 2.77. The number of carbonyl (C=O) groups excluding carboxylic acids is 1. The molecule has 1 heterocycles. The molecule has 0 aliphatic carbocycles. The van der Waals surface area contributed by atoms with Gasteiger partial charge in [-0.15, -0.1) is 0 Å². The Morgan fingerprint density at radius 1 is 1.53 bits per heavy atom. The zero-order chi connectivity index (χ0) is 13.9. The summed E-state index contributed by atoms with van der Waals surface area (Å²) in [5.74, 6) is -0.414. The maximum Gasteiger partial charge on any atom is 0.330 e. The second-order valence-corrected chi connectivity index (χ2v) is 8.62. The number of ether oxygens (including phenoxy) is 1. The fourth-order valence-corrected chi connectivity index (χ4v) is 5.22. The SMILES string of the molecule is COC(=O)[C@@H]1CO[P@@](=O)(SC)N1Cc1ccccc1. The number of methoxy groups -OCH3 is 1. The Labute approximate surface area is 116 Å². The predicted molar refractivity (Wildman–Crippen MR) is 74.9 cm³/mol. The Morgan fingerprint density at radius 3 is 2.79 bits per heavy atom. The van der Waals surface area contributed by atoms with E-state index in [-0.39, 0.29) is 6.61 Å². The van der Waals surface area contributed by atoms with Crippen molar-refractivity contribution in [2.45, 2.75) is 12.6 Å². The molecule has 0 aromatic heterocycles. The molecule has 2 rings (SSSR count). The van der Waals surface area contributed by atoms with Crippen molar-refractivity contribution in [3.05, 3.63) is 35.9 Å². The molecule has 1 aliphatic heterocycles. The van der Waals surface area contributed by atoms with Gasteiger partial charge in [-0.25, -0.2) is 4.67 Å². The van der Waals surface area contributed by atoms with Gasteiger partial charge in [0.1, 0.15) is 6.04 Å². The third-order valence-corrected chi connectivity index (χ3v) is 7.28. The highest BCUT2D eigenvalue weighted by atomic mass is 32.7. The summed E-state index contributed by atoms with van der Waals surface area (Å²) in [5.41, 5.74) is 0.983. The topological polar surface area (TPSA) is 55.8 Å². The summed E-state index contributed by atoms with van der Waals surface area (Å²) in [6, 6.07) is 8.97. The van der Waals surface area contributed by atoms with Crippen molar-refractivity contribution >= 4 is 24.1 Å². The summed E-state index contributed by atoms with van der Waals surface area (Å²) in [7, 11) is 1.32. The average molecular weight is 301 g/mol. The van der Waals surface area contributed by atoms with Crippen molar-refractivity contribution in [1.29, 1.82) is 0 Å². The maximum atomic E-state index is 12.6. The largest absolute Gasteiger partial charge is 0.468 e. The molecule has 7 heteroatoms. The van der Waals surface area contributed by atoms with E-state index in [1.165, 1.54) is 7.11 Å². The summed E-state index contributed by atoms with van der Waals surface area (Å²) in [5, 5.41) is 0. The quantitative estimate of drug-likeness (QED) is 0.629. The number of hydrogen-bond acceptors (Lipinski definition) is 5. The van der Waals surface area contributed by atoms with Gasteiger partial charge in [0.15, 0.2) is 0 Å². The molecule has 1 fully saturated rings. The van der Waals surface area contributed by atoms with E-state index in [0.717, 1.165) is 16.9 Å². The first-order valence-electron chi connectivity index (χ1n) is 5.80. The van der Waals surface area contributed by atoms with Gasteiger partial charge >= 0.3 is 12.7 Å². The van der Waals surface area contributed by atoms with Crippen LogP contribution in [0.1, 0.15) is 5.56 Å². The summed E-state index contributed by atoms with van der Waals surface area (Å²) in [6.45, 7) is -2.49. The number of hydrogen-bond donors (Lipinski definition) is 0. The molecule has 0 bridgehead atoms. The minimum Gasteiger partial charge on any atom is -0.468 e. The molecule has 0 spiro atoms. The molecular weight excluding hydrogens is 285 g/mol. The lowest BCUT2D eigenvalue weighted by Gasteiger charge is -2.24. The highest BCUT2D eigenvalue weighted by molar-refractivity contribution is 8.55. The first kappa shape index (κ1) is 14.6. The zero-order valence-corrected chi connectivity index (χ0v) is 12.5. The first-order chi connectivity index (χ1) is 9.10. The Balaban J connectivity index is 2.25. The van der Waals surface area contributed by atoms with Crippen LogP contribution >= 0.6 is 18.1 Å². The lowest BCUT2D eigenvalue weighted by atomic mass is 10.2. The van der Waals surface area contributed by atoms with Crippen LogP contribution in [-0.4, -0.2) is 36.7 Å². The van der Waals surface area contributed by atoms with Crippen molar-refractivity contribution in [1.82, 2.24) is 4.67 Å². The van der Waals surface area contributed by atoms with Crippen LogP contribution in [-0.2, 0) is 25.2 Å². The molecule has 1 saturated heterocycles. The third-order valence-electron chi connectivity index (χ3n) is 2.96. The van der Waals surface area contributed by atoms with Gasteiger partial charge in [-0.1, -0.05) is 41.7 Å². The third kappa shape index (κ3) is 3.03. The van der Waals surface area contributed by atoms with Crippen LogP contribution in [0.15, 0.2) is 30.3 Å². The Morgan fingerprint density at radius 2 is 2.21 bits per heavy atom. The van der Waals surface area contributed by atoms with E-state index < -0.39 is 18.7 Å². The van der Waals surface area contributed by atoms with E-state index in [1.807, 2.05) is 30.3 Å². The molecule has 104 valence electrons. The van der Waals surface area contributed by atoms with E-state index in [4.69, 9.17) is 9.26 Å². The number of nitrogens with zero attached hydrogens (tertiary/aromatic N) is 1. The number of carbonyl (C=O) groups is 1. The molecule has 0 unspecified atom stereocenters. The van der Waals surface area contributed by atoms with Crippen LogP contribution in [0.25, 0.3) is 0 Å². The number of benzene rings is 1. The minimum absolute atomic E-state index is 0.109. The normalized spacial score (nSPS) is 27.4. The Hall–Kier alpha value is -0.810. The maximum absolute atomic E-state index is 12.6. The van der Waals surface area contributed by atoms with Crippen molar-refractivity contribution in [2.75, 3.05) is 20.0 Å². The highest BCUT2D eigenvalue weighted by Gasteiger charge is 2.47. The van der Waals surface area contributed by atoms with Crippen molar-refractivity contribution < 1.29 is 18.6 Å². The monoisotopic (exact) mass is 301 g/mol. The summed E-state index contributed by atoms with van der Waals surface area (Å²) >= 11 is 1.15. The lowest BCUT2D eigenvalue weighted by Crippen LogP contribution is -2.36. The lowest BCUT2D eigenvalue weighted by molar-refractivity contribution is -0.145. The molecule has 0 radical (unpaired) electrons. The second kappa shape index (κ2) is 6.09. The molecule has 19 heavy (non-hydrogen) atoms. The van der Waals surface area contributed by atoms with E-state index in [0.29, 0.717) is 6.54 Å². The van der Waals surface area contributed by atoms with Gasteiger partial charge in [0.2, 0.25) is 0 Å². The van der Waals surface area contributed by atoms with E-state index in [9.17, 15) is 9.36 Å². The standard InChI is InChI=1S/C12H16NO4PS/c1-16-12(14)11-9-17-18(15,19-2)13(11)8-10-6-4-3-5-7-10/h3-7,11H,8-9H2,1-2H3/t11-,18+/m0/s1. The molecule has 5 nitrogen and oxygen atoms in total. The van der Waals surface area contributed by atoms with E-state index >= 15 is 0 Å². The second-order valence-electron chi connectivity index (χ2n) is 4.07. The Kier molecular flexibility index (Phi) is 4.68. The fraction of sp³-hybridized carbons (Fsp3) is 0.417. The van der Waals surface area contributed by atoms with Gasteiger partial charge in [-0.2, -0.15) is 0 Å². The molecule has 0 N–H and O–H groups in total. The molecule has 1 aliphatic rings. The molecule has 0 amide bonds. The van der Waals surface area contributed by atoms with Gasteiger partial charge in [0, 0.05) is 6.54 Å². The van der Waals surface area contributed by atoms with Crippen LogP contribution in [0, 0.1) is 0 Å². The number of rotatable bonds is 4. The predicted octanol–water partition coefficient (Wildman–Crippen LogP) is 2.53. The molecule has 1 aromatic rings. The van der Waals surface area contributed by atoms with Crippen LogP contribution in [0.4, 0.5) is 0 Å². The number of esters is 1. The summed E-state index contributed by atoms with van der Waals surface area (Å²) < 4.78 is 24.3. The smallest absolute Gasteiger partial charge is 0.330 e. The van der Waals surface area contributed by atoms with Gasteiger partial charge < -0.3 is 9.26 Å². The summed E-state index contributed by atoms with van der Waals surface area (Å²) in [6.07, 6.45) is 1.72. The Bertz CT molecular complexity index is 496. The molecular formula is C12H16NO4PS. The van der Waals surface area contributed by atoms with Gasteiger partial charge in [-0.3, -0.25) is 9.36 Å². The molecule has 0 saturated carbocycles. The van der Waals surface area contributed by atoms with Crippen LogP contribution in [0.2, 0.25) is 0 Å². The van der Waals surface area contributed by atoms with Crippen molar-refractivity contribution in [3.8, 4) is 0 Å². The van der Waals surface area contributed by atoms with E-state index in [1.54, 1.807) is 10.9 Å². The molecule has 1 aromatic carbocycles. The van der Waals surface area contributed by atoms with Crippen LogP contribution in [0.5, 0.6) is 0 Å². The van der Waals surface area contributed by atoms with Crippen LogP contribution in [0.3, 0.4) is 0 Å². The van der Waals surface area contributed by atoms with Crippen molar-refractivity contribution in [3.63, 3.8) is 0 Å². The van der Waals surface area contributed by atoms with Gasteiger partial charge in [-0.05, 0) is 11.8 Å². The van der Waals surface area contributed by atoms with Gasteiger partial charge in [0.05, 0.1) is 13.7 Å². The minimum atomic E-state index is -3.00. The summed E-state index contributed by atoms with van der Waals surface area (Å²) in [4.78, 5) is 11.7. The highest BCUT2D eigenvalue weighted by Crippen LogP contribution is 2.66. The van der Waals surface area contributed by atoms with E-state index in [2.05, 4.69) is 0 Å². The first-order valence-corrected chi connectivity index (χ1v) is 9.20. The van der Waals surface area contributed by atoms with Crippen molar-refractivity contribution in [2.24, 2.45) is 0 Å². The zero-order valence-electron chi connectivity index (χ0n) is 10.8.